The van der Waals surface area contributed by atoms with Gasteiger partial charge in [0.1, 0.15) is 5.60 Å². The number of aliphatic hydroxyl groups is 3. The summed E-state index contributed by atoms with van der Waals surface area (Å²) in [6.07, 6.45) is 1.50. The Balaban J connectivity index is 1.37. The molecule has 0 atom stereocenters. The van der Waals surface area contributed by atoms with E-state index in [9.17, 15) is 28.5 Å². The molecule has 0 aromatic rings. The van der Waals surface area contributed by atoms with Crippen LogP contribution in [0.3, 0.4) is 0 Å². The molecule has 4 aliphatic carbocycles. The van der Waals surface area contributed by atoms with Gasteiger partial charge in [0, 0.05) is 58.2 Å². The fraction of sp³-hybridized carbons (Fsp3) is 0.941. The van der Waals surface area contributed by atoms with Gasteiger partial charge in [-0.1, -0.05) is 0 Å². The lowest BCUT2D eigenvalue weighted by Crippen LogP contribution is -2.72. The second kappa shape index (κ2) is 5.64. The van der Waals surface area contributed by atoms with E-state index in [1.807, 2.05) is 4.90 Å². The molecule has 0 radical (unpaired) electrons. The third-order valence-corrected chi connectivity index (χ3v) is 7.94. The molecule has 8 nitrogen and oxygen atoms in total. The van der Waals surface area contributed by atoms with Crippen molar-refractivity contribution in [2.45, 2.75) is 67.3 Å². The van der Waals surface area contributed by atoms with Crippen LogP contribution in [0.5, 0.6) is 0 Å². The van der Waals surface area contributed by atoms with Crippen molar-refractivity contribution in [1.82, 2.24) is 4.90 Å². The zero-order valence-corrected chi connectivity index (χ0v) is 15.6. The SMILES string of the molecule is O=C(CCN1CCS(=O)(=O)CC1)OC12CC3(O)CC(O)(CC(O)(C3)C1)C2. The Hall–Kier alpha value is -0.740. The molecule has 0 aromatic carbocycles. The van der Waals surface area contributed by atoms with Gasteiger partial charge in [0.2, 0.25) is 0 Å². The Morgan fingerprint density at radius 3 is 1.81 bits per heavy atom. The molecular formula is C17H27NO7S. The van der Waals surface area contributed by atoms with Gasteiger partial charge in [-0.25, -0.2) is 8.42 Å². The molecule has 0 spiro atoms. The van der Waals surface area contributed by atoms with Crippen LogP contribution in [0.15, 0.2) is 0 Å². The summed E-state index contributed by atoms with van der Waals surface area (Å²) in [5.74, 6) is -0.214. The Labute approximate surface area is 153 Å². The summed E-state index contributed by atoms with van der Waals surface area (Å²) in [6.45, 7) is 1.25. The van der Waals surface area contributed by atoms with Crippen molar-refractivity contribution in [1.29, 1.82) is 0 Å². The van der Waals surface area contributed by atoms with E-state index in [0.29, 0.717) is 19.6 Å². The molecule has 1 saturated heterocycles. The fourth-order valence-corrected chi connectivity index (χ4v) is 7.29. The monoisotopic (exact) mass is 389 g/mol. The number of ether oxygens (including phenoxy) is 1. The summed E-state index contributed by atoms with van der Waals surface area (Å²) in [4.78, 5) is 14.3. The summed E-state index contributed by atoms with van der Waals surface area (Å²) in [6, 6.07) is 0. The van der Waals surface area contributed by atoms with E-state index in [4.69, 9.17) is 4.74 Å². The summed E-state index contributed by atoms with van der Waals surface area (Å²) >= 11 is 0. The third-order valence-electron chi connectivity index (χ3n) is 6.33. The van der Waals surface area contributed by atoms with Gasteiger partial charge < -0.3 is 25.0 Å². The molecule has 5 fully saturated rings. The molecule has 0 amide bonds. The fourth-order valence-electron chi connectivity index (χ4n) is 6.01. The van der Waals surface area contributed by atoms with Crippen molar-refractivity contribution < 1.29 is 33.3 Å². The second-order valence-corrected chi connectivity index (χ2v) is 11.4. The van der Waals surface area contributed by atoms with Crippen LogP contribution in [0.25, 0.3) is 0 Å². The average Bonchev–Trinajstić information content (AvgIpc) is 2.40. The van der Waals surface area contributed by atoms with Gasteiger partial charge in [0.15, 0.2) is 9.84 Å². The van der Waals surface area contributed by atoms with Crippen molar-refractivity contribution in [2.75, 3.05) is 31.1 Å². The van der Waals surface area contributed by atoms with Crippen molar-refractivity contribution in [2.24, 2.45) is 0 Å². The standard InChI is InChI=1S/C17H27NO7S/c19-13(1-2-18-3-5-26(23,24)6-4-18)25-17-10-14(20)7-15(21,11-17)9-16(22,8-14)12-17/h20-22H,1-12H2. The molecule has 148 valence electrons. The molecule has 9 heteroatoms. The minimum absolute atomic E-state index is 0.110. The lowest BCUT2D eigenvalue weighted by atomic mass is 9.48. The molecule has 5 rings (SSSR count). The lowest BCUT2D eigenvalue weighted by molar-refractivity contribution is -0.301. The third kappa shape index (κ3) is 3.52. The molecule has 3 N–H and O–H groups in total. The van der Waals surface area contributed by atoms with Gasteiger partial charge in [0.25, 0.3) is 0 Å². The first-order valence-corrected chi connectivity index (χ1v) is 11.1. The Bertz CT molecular complexity index is 653. The first-order valence-electron chi connectivity index (χ1n) is 9.24. The number of hydrogen-bond donors (Lipinski definition) is 3. The number of rotatable bonds is 4. The van der Waals surface area contributed by atoms with Crippen molar-refractivity contribution in [3.05, 3.63) is 0 Å². The van der Waals surface area contributed by atoms with Crippen LogP contribution in [0.4, 0.5) is 0 Å². The first kappa shape index (κ1) is 18.6. The minimum atomic E-state index is -2.95. The van der Waals surface area contributed by atoms with Crippen molar-refractivity contribution >= 4 is 15.8 Å². The zero-order chi connectivity index (χ0) is 18.8. The van der Waals surface area contributed by atoms with Crippen LogP contribution in [0, 0.1) is 0 Å². The van der Waals surface area contributed by atoms with E-state index in [0.717, 1.165) is 0 Å². The van der Waals surface area contributed by atoms with Gasteiger partial charge in [-0.3, -0.25) is 4.79 Å². The minimum Gasteiger partial charge on any atom is -0.459 e. The topological polar surface area (TPSA) is 124 Å². The van der Waals surface area contributed by atoms with Crippen molar-refractivity contribution in [3.63, 3.8) is 0 Å². The molecule has 5 aliphatic rings. The normalized spacial score (nSPS) is 47.0. The number of hydrogen-bond acceptors (Lipinski definition) is 8. The van der Waals surface area contributed by atoms with E-state index in [1.54, 1.807) is 0 Å². The van der Waals surface area contributed by atoms with Crippen molar-refractivity contribution in [3.8, 4) is 0 Å². The Morgan fingerprint density at radius 2 is 1.35 bits per heavy atom. The highest BCUT2D eigenvalue weighted by molar-refractivity contribution is 7.91. The molecule has 1 heterocycles. The number of esters is 1. The average molecular weight is 389 g/mol. The molecule has 26 heavy (non-hydrogen) atoms. The highest BCUT2D eigenvalue weighted by atomic mass is 32.2. The van der Waals surface area contributed by atoms with Gasteiger partial charge in [-0.05, 0) is 0 Å². The highest BCUT2D eigenvalue weighted by Gasteiger charge is 2.69. The molecule has 0 aromatic heterocycles. The van der Waals surface area contributed by atoms with Gasteiger partial charge in [0.05, 0.1) is 34.7 Å². The van der Waals surface area contributed by atoms with Gasteiger partial charge >= 0.3 is 5.97 Å². The summed E-state index contributed by atoms with van der Waals surface area (Å²) in [7, 11) is -2.95. The lowest BCUT2D eigenvalue weighted by Gasteiger charge is -2.64. The summed E-state index contributed by atoms with van der Waals surface area (Å²) < 4.78 is 28.6. The molecule has 4 bridgehead atoms. The first-order chi connectivity index (χ1) is 11.9. The molecule has 1 aliphatic heterocycles. The number of carbonyl (C=O) groups is 1. The smallest absolute Gasteiger partial charge is 0.307 e. The predicted molar refractivity (Wildman–Crippen MR) is 91.1 cm³/mol. The Morgan fingerprint density at radius 1 is 0.885 bits per heavy atom. The maximum Gasteiger partial charge on any atom is 0.307 e. The van der Waals surface area contributed by atoms with Gasteiger partial charge in [-0.15, -0.1) is 0 Å². The maximum absolute atomic E-state index is 12.4. The highest BCUT2D eigenvalue weighted by Crippen LogP contribution is 2.62. The second-order valence-electron chi connectivity index (χ2n) is 9.13. The molecule has 4 saturated carbocycles. The van der Waals surface area contributed by atoms with E-state index in [2.05, 4.69) is 0 Å². The van der Waals surface area contributed by atoms with E-state index in [1.165, 1.54) is 0 Å². The summed E-state index contributed by atoms with van der Waals surface area (Å²) in [5.41, 5.74) is -4.60. The number of carbonyl (C=O) groups excluding carboxylic acids is 1. The quantitative estimate of drug-likeness (QED) is 0.521. The van der Waals surface area contributed by atoms with Crippen LogP contribution in [-0.2, 0) is 19.4 Å². The van der Waals surface area contributed by atoms with E-state index in [-0.39, 0.29) is 56.5 Å². The molecule has 0 unspecified atom stereocenters. The van der Waals surface area contributed by atoms with Crippen LogP contribution in [0.2, 0.25) is 0 Å². The maximum atomic E-state index is 12.4. The van der Waals surface area contributed by atoms with Crippen LogP contribution in [-0.4, -0.2) is 88.2 Å². The van der Waals surface area contributed by atoms with E-state index < -0.39 is 38.2 Å². The number of nitrogens with zero attached hydrogens (tertiary/aromatic N) is 1. The van der Waals surface area contributed by atoms with Crippen LogP contribution >= 0.6 is 0 Å². The summed E-state index contributed by atoms with van der Waals surface area (Å²) in [5, 5.41) is 32.2. The van der Waals surface area contributed by atoms with Crippen LogP contribution in [0.1, 0.15) is 44.9 Å². The zero-order valence-electron chi connectivity index (χ0n) is 14.8. The van der Waals surface area contributed by atoms with Gasteiger partial charge in [-0.2, -0.15) is 0 Å². The predicted octanol–water partition coefficient (Wildman–Crippen LogP) is -1.04. The Kier molecular flexibility index (Phi) is 4.03. The number of sulfone groups is 1. The molecular weight excluding hydrogens is 362 g/mol. The van der Waals surface area contributed by atoms with Crippen LogP contribution < -0.4 is 0 Å². The largest absolute Gasteiger partial charge is 0.459 e. The van der Waals surface area contributed by atoms with E-state index >= 15 is 0 Å².